The number of nitrogens with one attached hydrogen (secondary N) is 1. The van der Waals surface area contributed by atoms with Crippen molar-refractivity contribution in [3.05, 3.63) is 18.1 Å². The standard InChI is InChI=1S/C10H16N4O2/c1-7(6-14(2)3)12-9-5-11-4-8(13-9)10(15)16/h4-5,7H,6H2,1-3H3,(H,12,13)(H,15,16). The van der Waals surface area contributed by atoms with Crippen molar-refractivity contribution >= 4 is 11.8 Å². The molecule has 0 radical (unpaired) electrons. The molecule has 1 aromatic heterocycles. The number of hydrogen-bond donors (Lipinski definition) is 2. The molecule has 2 N–H and O–H groups in total. The number of nitrogens with zero attached hydrogens (tertiary/aromatic N) is 3. The normalized spacial score (nSPS) is 12.5. The summed E-state index contributed by atoms with van der Waals surface area (Å²) in [6.45, 7) is 2.83. The van der Waals surface area contributed by atoms with Gasteiger partial charge >= 0.3 is 5.97 Å². The Bertz CT molecular complexity index is 368. The Balaban J connectivity index is 2.66. The molecule has 1 rings (SSSR count). The molecule has 1 atom stereocenters. The molecule has 0 fully saturated rings. The number of carboxylic acids is 1. The van der Waals surface area contributed by atoms with Crippen molar-refractivity contribution in [2.75, 3.05) is 26.0 Å². The van der Waals surface area contributed by atoms with E-state index >= 15 is 0 Å². The van der Waals surface area contributed by atoms with Crippen LogP contribution in [0.15, 0.2) is 12.4 Å². The summed E-state index contributed by atoms with van der Waals surface area (Å²) in [6.07, 6.45) is 2.74. The minimum Gasteiger partial charge on any atom is -0.476 e. The van der Waals surface area contributed by atoms with Crippen LogP contribution in [-0.2, 0) is 0 Å². The fourth-order valence-electron chi connectivity index (χ4n) is 1.38. The van der Waals surface area contributed by atoms with Gasteiger partial charge in [-0.2, -0.15) is 0 Å². The Morgan fingerprint density at radius 3 is 2.81 bits per heavy atom. The average molecular weight is 224 g/mol. The number of carboxylic acid groups (broad SMARTS) is 1. The van der Waals surface area contributed by atoms with Crippen molar-refractivity contribution in [1.82, 2.24) is 14.9 Å². The van der Waals surface area contributed by atoms with E-state index in [9.17, 15) is 4.79 Å². The van der Waals surface area contributed by atoms with Gasteiger partial charge in [0.05, 0.1) is 12.4 Å². The van der Waals surface area contributed by atoms with Crippen LogP contribution < -0.4 is 5.32 Å². The second-order valence-corrected chi connectivity index (χ2v) is 3.90. The van der Waals surface area contributed by atoms with E-state index in [1.807, 2.05) is 25.9 Å². The Morgan fingerprint density at radius 1 is 1.56 bits per heavy atom. The summed E-state index contributed by atoms with van der Waals surface area (Å²) in [7, 11) is 3.94. The first kappa shape index (κ1) is 12.4. The van der Waals surface area contributed by atoms with Gasteiger partial charge in [-0.25, -0.2) is 9.78 Å². The minimum atomic E-state index is -1.07. The quantitative estimate of drug-likeness (QED) is 0.760. The SMILES string of the molecule is CC(CN(C)C)Nc1cncc(C(=O)O)n1. The lowest BCUT2D eigenvalue weighted by Crippen LogP contribution is -2.30. The van der Waals surface area contributed by atoms with Gasteiger partial charge in [0.25, 0.3) is 0 Å². The van der Waals surface area contributed by atoms with Gasteiger partial charge in [0.15, 0.2) is 5.69 Å². The predicted octanol–water partition coefficient (Wildman–Crippen LogP) is 0.537. The van der Waals surface area contributed by atoms with Crippen LogP contribution in [0.4, 0.5) is 5.82 Å². The second kappa shape index (κ2) is 5.41. The Labute approximate surface area is 94.3 Å². The molecule has 0 aliphatic carbocycles. The smallest absolute Gasteiger partial charge is 0.356 e. The van der Waals surface area contributed by atoms with Crippen LogP contribution in [-0.4, -0.2) is 52.6 Å². The number of aromatic carboxylic acids is 1. The van der Waals surface area contributed by atoms with Crippen LogP contribution in [0.3, 0.4) is 0 Å². The molecule has 6 nitrogen and oxygen atoms in total. The summed E-state index contributed by atoms with van der Waals surface area (Å²) in [6, 6.07) is 0.174. The monoisotopic (exact) mass is 224 g/mol. The van der Waals surface area contributed by atoms with Gasteiger partial charge in [-0.1, -0.05) is 0 Å². The van der Waals surface area contributed by atoms with Gasteiger partial charge in [-0.3, -0.25) is 4.98 Å². The first-order valence-electron chi connectivity index (χ1n) is 4.95. The molecule has 0 aliphatic heterocycles. The van der Waals surface area contributed by atoms with E-state index in [4.69, 9.17) is 5.11 Å². The lowest BCUT2D eigenvalue weighted by atomic mass is 10.3. The molecule has 6 heteroatoms. The fraction of sp³-hybridized carbons (Fsp3) is 0.500. The Morgan fingerprint density at radius 2 is 2.25 bits per heavy atom. The number of likely N-dealkylation sites (N-methyl/N-ethyl adjacent to an activating group) is 1. The molecule has 0 saturated heterocycles. The zero-order valence-electron chi connectivity index (χ0n) is 9.64. The average Bonchev–Trinajstić information content (AvgIpc) is 2.16. The molecule has 1 aromatic rings. The van der Waals surface area contributed by atoms with Crippen molar-refractivity contribution in [3.63, 3.8) is 0 Å². The molecule has 1 heterocycles. The van der Waals surface area contributed by atoms with E-state index in [2.05, 4.69) is 15.3 Å². The molecule has 0 bridgehead atoms. The lowest BCUT2D eigenvalue weighted by molar-refractivity contribution is 0.0690. The molecule has 16 heavy (non-hydrogen) atoms. The lowest BCUT2D eigenvalue weighted by Gasteiger charge is -2.18. The van der Waals surface area contributed by atoms with Crippen LogP contribution >= 0.6 is 0 Å². The predicted molar refractivity (Wildman–Crippen MR) is 60.6 cm³/mol. The van der Waals surface area contributed by atoms with Crippen LogP contribution in [0.2, 0.25) is 0 Å². The summed E-state index contributed by atoms with van der Waals surface area (Å²) >= 11 is 0. The van der Waals surface area contributed by atoms with E-state index in [-0.39, 0.29) is 11.7 Å². The van der Waals surface area contributed by atoms with E-state index in [0.29, 0.717) is 5.82 Å². The van der Waals surface area contributed by atoms with Gasteiger partial charge < -0.3 is 15.3 Å². The summed E-state index contributed by atoms with van der Waals surface area (Å²) in [5.41, 5.74) is -0.0537. The van der Waals surface area contributed by atoms with Gasteiger partial charge in [-0.05, 0) is 21.0 Å². The topological polar surface area (TPSA) is 78.4 Å². The minimum absolute atomic E-state index is 0.0537. The third-order valence-electron chi connectivity index (χ3n) is 1.89. The van der Waals surface area contributed by atoms with Crippen molar-refractivity contribution in [3.8, 4) is 0 Å². The van der Waals surface area contributed by atoms with Crippen LogP contribution in [0.25, 0.3) is 0 Å². The molecule has 0 amide bonds. The third kappa shape index (κ3) is 3.82. The number of aromatic nitrogens is 2. The van der Waals surface area contributed by atoms with Crippen molar-refractivity contribution in [2.24, 2.45) is 0 Å². The molecule has 0 aromatic carbocycles. The highest BCUT2D eigenvalue weighted by molar-refractivity contribution is 5.85. The highest BCUT2D eigenvalue weighted by Crippen LogP contribution is 2.04. The fourth-order valence-corrected chi connectivity index (χ4v) is 1.38. The maximum Gasteiger partial charge on any atom is 0.356 e. The number of hydrogen-bond acceptors (Lipinski definition) is 5. The second-order valence-electron chi connectivity index (χ2n) is 3.90. The maximum absolute atomic E-state index is 10.7. The Kier molecular flexibility index (Phi) is 4.19. The van der Waals surface area contributed by atoms with Crippen LogP contribution in [0.5, 0.6) is 0 Å². The van der Waals surface area contributed by atoms with Crippen LogP contribution in [0.1, 0.15) is 17.4 Å². The van der Waals surface area contributed by atoms with Gasteiger partial charge in [-0.15, -0.1) is 0 Å². The largest absolute Gasteiger partial charge is 0.476 e. The van der Waals surface area contributed by atoms with E-state index in [1.165, 1.54) is 12.4 Å². The zero-order chi connectivity index (χ0) is 12.1. The van der Waals surface area contributed by atoms with Crippen molar-refractivity contribution < 1.29 is 9.90 Å². The number of rotatable bonds is 5. The summed E-state index contributed by atoms with van der Waals surface area (Å²) in [5.74, 6) is -0.592. The van der Waals surface area contributed by atoms with Crippen LogP contribution in [0, 0.1) is 0 Å². The zero-order valence-corrected chi connectivity index (χ0v) is 9.64. The first-order chi connectivity index (χ1) is 7.49. The molecule has 1 unspecified atom stereocenters. The van der Waals surface area contributed by atoms with Crippen molar-refractivity contribution in [1.29, 1.82) is 0 Å². The summed E-state index contributed by atoms with van der Waals surface area (Å²) < 4.78 is 0. The highest BCUT2D eigenvalue weighted by atomic mass is 16.4. The third-order valence-corrected chi connectivity index (χ3v) is 1.89. The van der Waals surface area contributed by atoms with Gasteiger partial charge in [0.2, 0.25) is 0 Å². The molecular formula is C10H16N4O2. The number of anilines is 1. The first-order valence-corrected chi connectivity index (χ1v) is 4.95. The summed E-state index contributed by atoms with van der Waals surface area (Å²) in [5, 5.41) is 11.8. The highest BCUT2D eigenvalue weighted by Gasteiger charge is 2.08. The molecule has 0 spiro atoms. The maximum atomic E-state index is 10.7. The molecule has 0 aliphatic rings. The van der Waals surface area contributed by atoms with Crippen molar-refractivity contribution in [2.45, 2.75) is 13.0 Å². The van der Waals surface area contributed by atoms with Gasteiger partial charge in [0, 0.05) is 12.6 Å². The van der Waals surface area contributed by atoms with E-state index < -0.39 is 5.97 Å². The number of carbonyl (C=O) groups is 1. The molecular weight excluding hydrogens is 208 g/mol. The van der Waals surface area contributed by atoms with E-state index in [0.717, 1.165) is 6.54 Å². The molecule has 0 saturated carbocycles. The Hall–Kier alpha value is -1.69. The summed E-state index contributed by atoms with van der Waals surface area (Å²) in [4.78, 5) is 20.5. The van der Waals surface area contributed by atoms with E-state index in [1.54, 1.807) is 0 Å². The molecule has 88 valence electrons. The van der Waals surface area contributed by atoms with Gasteiger partial charge in [0.1, 0.15) is 5.82 Å².